The molecule has 1 N–H and O–H groups in total. The number of aryl methyl sites for hydroxylation is 1. The monoisotopic (exact) mass is 360 g/mol. The van der Waals surface area contributed by atoms with Crippen LogP contribution in [0.2, 0.25) is 0 Å². The molecule has 0 saturated heterocycles. The number of hydrogen-bond donors (Lipinski definition) is 1. The molecular weight excluding hydrogens is 344 g/mol. The molecular formula is C13H16N2O4S3. The Balaban J connectivity index is 2.41. The lowest BCUT2D eigenvalue weighted by molar-refractivity contribution is 0.600. The quantitative estimate of drug-likeness (QED) is 0.875. The highest BCUT2D eigenvalue weighted by atomic mass is 32.2. The van der Waals surface area contributed by atoms with Crippen LogP contribution in [0.15, 0.2) is 33.5 Å². The third kappa shape index (κ3) is 3.84. The van der Waals surface area contributed by atoms with Crippen molar-refractivity contribution in [3.8, 4) is 0 Å². The lowest BCUT2D eigenvalue weighted by Gasteiger charge is -2.12. The Morgan fingerprint density at radius 3 is 2.32 bits per heavy atom. The van der Waals surface area contributed by atoms with E-state index < -0.39 is 19.7 Å². The maximum absolute atomic E-state index is 11.9. The summed E-state index contributed by atoms with van der Waals surface area (Å²) in [7, 11) is -7.02. The van der Waals surface area contributed by atoms with E-state index in [9.17, 15) is 16.8 Å². The van der Waals surface area contributed by atoms with Crippen molar-refractivity contribution in [2.75, 3.05) is 17.8 Å². The molecule has 2 rings (SSSR count). The summed E-state index contributed by atoms with van der Waals surface area (Å²) in [5.41, 5.74) is 2.98. The number of thiazole rings is 1. The first kappa shape index (κ1) is 16.9. The van der Waals surface area contributed by atoms with E-state index >= 15 is 0 Å². The lowest BCUT2D eigenvalue weighted by atomic mass is 10.3. The Morgan fingerprint density at radius 1 is 1.14 bits per heavy atom. The molecule has 0 bridgehead atoms. The highest BCUT2D eigenvalue weighted by Gasteiger charge is 2.18. The first-order valence-electron chi connectivity index (χ1n) is 6.26. The molecule has 22 heavy (non-hydrogen) atoms. The topological polar surface area (TPSA) is 93.2 Å². The summed E-state index contributed by atoms with van der Waals surface area (Å²) < 4.78 is 47.0. The molecule has 9 heteroatoms. The first-order valence-corrected chi connectivity index (χ1v) is 10.9. The average molecular weight is 360 g/mol. The van der Waals surface area contributed by atoms with Gasteiger partial charge in [-0.05, 0) is 25.1 Å². The van der Waals surface area contributed by atoms with E-state index in [1.165, 1.54) is 29.5 Å². The zero-order valence-corrected chi connectivity index (χ0v) is 14.8. The van der Waals surface area contributed by atoms with Crippen LogP contribution in [0.4, 0.5) is 5.69 Å². The van der Waals surface area contributed by atoms with Gasteiger partial charge in [-0.25, -0.2) is 21.8 Å². The summed E-state index contributed by atoms with van der Waals surface area (Å²) in [6.07, 6.45) is 2.10. The van der Waals surface area contributed by atoms with Crippen LogP contribution in [0, 0.1) is 6.92 Å². The van der Waals surface area contributed by atoms with E-state index in [1.54, 1.807) is 5.51 Å². The number of nitrogens with zero attached hydrogens (tertiary/aromatic N) is 1. The van der Waals surface area contributed by atoms with Gasteiger partial charge in [0.15, 0.2) is 19.7 Å². The van der Waals surface area contributed by atoms with Gasteiger partial charge in [0.25, 0.3) is 0 Å². The minimum atomic E-state index is -3.56. The van der Waals surface area contributed by atoms with Gasteiger partial charge in [-0.2, -0.15) is 0 Å². The number of aromatic nitrogens is 1. The smallest absolute Gasteiger partial charge is 0.177 e. The number of benzene rings is 1. The molecule has 0 aliphatic heterocycles. The zero-order valence-electron chi connectivity index (χ0n) is 12.3. The van der Waals surface area contributed by atoms with Crippen molar-refractivity contribution in [3.05, 3.63) is 34.3 Å². The first-order chi connectivity index (χ1) is 10.1. The molecule has 0 aliphatic rings. The highest BCUT2D eigenvalue weighted by Crippen LogP contribution is 2.26. The average Bonchev–Trinajstić information content (AvgIpc) is 2.79. The molecule has 0 unspecified atom stereocenters. The third-order valence-corrected chi connectivity index (χ3v) is 6.25. The molecule has 0 amide bonds. The van der Waals surface area contributed by atoms with Crippen LogP contribution in [0.3, 0.4) is 0 Å². The van der Waals surface area contributed by atoms with Gasteiger partial charge in [0.05, 0.1) is 33.2 Å². The van der Waals surface area contributed by atoms with Crippen molar-refractivity contribution < 1.29 is 16.8 Å². The van der Waals surface area contributed by atoms with Crippen molar-refractivity contribution >= 4 is 36.7 Å². The van der Waals surface area contributed by atoms with E-state index in [-0.39, 0.29) is 9.79 Å². The van der Waals surface area contributed by atoms with E-state index in [1.807, 2.05) is 6.92 Å². The van der Waals surface area contributed by atoms with Gasteiger partial charge < -0.3 is 5.32 Å². The summed E-state index contributed by atoms with van der Waals surface area (Å²) in [5, 5.41) is 3.04. The summed E-state index contributed by atoms with van der Waals surface area (Å²) in [6.45, 7) is 2.30. The van der Waals surface area contributed by atoms with Crippen LogP contribution in [0.25, 0.3) is 0 Å². The second-order valence-electron chi connectivity index (χ2n) is 4.92. The molecule has 6 nitrogen and oxygen atoms in total. The molecule has 0 saturated carbocycles. The van der Waals surface area contributed by atoms with Gasteiger partial charge in [-0.15, -0.1) is 11.3 Å². The van der Waals surface area contributed by atoms with Gasteiger partial charge >= 0.3 is 0 Å². The summed E-state index contributed by atoms with van der Waals surface area (Å²) in [5.74, 6) is 0. The van der Waals surface area contributed by atoms with Crippen LogP contribution >= 0.6 is 11.3 Å². The summed E-state index contributed by atoms with van der Waals surface area (Å²) in [6, 6.07) is 4.06. The van der Waals surface area contributed by atoms with Crippen molar-refractivity contribution in [3.63, 3.8) is 0 Å². The number of anilines is 1. The third-order valence-electron chi connectivity index (χ3n) is 3.06. The van der Waals surface area contributed by atoms with Gasteiger partial charge in [0, 0.05) is 17.4 Å². The van der Waals surface area contributed by atoms with E-state index in [0.717, 1.165) is 23.1 Å². The Kier molecular flexibility index (Phi) is 4.59. The SMILES string of the molecule is Cc1ncsc1CNc1ccc(S(C)(=O)=O)cc1S(C)(=O)=O. The van der Waals surface area contributed by atoms with E-state index in [4.69, 9.17) is 0 Å². The van der Waals surface area contributed by atoms with Crippen molar-refractivity contribution in [1.82, 2.24) is 4.98 Å². The number of nitrogens with one attached hydrogen (secondary N) is 1. The molecule has 1 heterocycles. The van der Waals surface area contributed by atoms with Crippen LogP contribution in [0.5, 0.6) is 0 Å². The largest absolute Gasteiger partial charge is 0.379 e. The van der Waals surface area contributed by atoms with Crippen LogP contribution in [-0.2, 0) is 26.2 Å². The maximum Gasteiger partial charge on any atom is 0.177 e. The molecule has 0 radical (unpaired) electrons. The van der Waals surface area contributed by atoms with Gasteiger partial charge in [0.2, 0.25) is 0 Å². The molecule has 0 spiro atoms. The number of hydrogen-bond acceptors (Lipinski definition) is 7. The maximum atomic E-state index is 11.9. The normalized spacial score (nSPS) is 12.3. The standard InChI is InChI=1S/C13H16N2O4S3/c1-9-12(20-8-15-9)7-14-11-5-4-10(21(2,16)17)6-13(11)22(3,18)19/h4-6,8,14H,7H2,1-3H3. The zero-order chi connectivity index (χ0) is 16.5. The highest BCUT2D eigenvalue weighted by molar-refractivity contribution is 7.91. The molecule has 0 atom stereocenters. The van der Waals surface area contributed by atoms with Gasteiger partial charge in [0.1, 0.15) is 0 Å². The van der Waals surface area contributed by atoms with Crippen molar-refractivity contribution in [2.24, 2.45) is 0 Å². The molecule has 0 fully saturated rings. The number of sulfone groups is 2. The summed E-state index contributed by atoms with van der Waals surface area (Å²) in [4.78, 5) is 5.07. The summed E-state index contributed by atoms with van der Waals surface area (Å²) >= 11 is 1.47. The molecule has 0 aliphatic carbocycles. The van der Waals surface area contributed by atoms with Crippen LogP contribution < -0.4 is 5.32 Å². The Hall–Kier alpha value is -1.45. The fourth-order valence-electron chi connectivity index (χ4n) is 1.86. The molecule has 1 aromatic heterocycles. The molecule has 120 valence electrons. The van der Waals surface area contributed by atoms with Crippen molar-refractivity contribution in [1.29, 1.82) is 0 Å². The van der Waals surface area contributed by atoms with Gasteiger partial charge in [-0.3, -0.25) is 0 Å². The lowest BCUT2D eigenvalue weighted by Crippen LogP contribution is -2.08. The fraction of sp³-hybridized carbons (Fsp3) is 0.308. The van der Waals surface area contributed by atoms with E-state index in [0.29, 0.717) is 12.2 Å². The number of rotatable bonds is 5. The Labute approximate surface area is 134 Å². The Morgan fingerprint density at radius 2 is 1.82 bits per heavy atom. The predicted octanol–water partition coefficient (Wildman–Crippen LogP) is 1.87. The second kappa shape index (κ2) is 5.98. The van der Waals surface area contributed by atoms with Crippen LogP contribution in [-0.4, -0.2) is 34.3 Å². The molecule has 1 aromatic carbocycles. The van der Waals surface area contributed by atoms with E-state index in [2.05, 4.69) is 10.3 Å². The Bertz CT molecular complexity index is 899. The molecule has 2 aromatic rings. The second-order valence-corrected chi connectivity index (χ2v) is 9.86. The van der Waals surface area contributed by atoms with Crippen molar-refractivity contribution in [2.45, 2.75) is 23.3 Å². The minimum absolute atomic E-state index is 0.0209. The van der Waals surface area contributed by atoms with Crippen LogP contribution in [0.1, 0.15) is 10.6 Å². The predicted molar refractivity (Wildman–Crippen MR) is 86.8 cm³/mol. The fourth-order valence-corrected chi connectivity index (χ4v) is 4.18. The minimum Gasteiger partial charge on any atom is -0.379 e. The van der Waals surface area contributed by atoms with Gasteiger partial charge in [-0.1, -0.05) is 0 Å².